The Bertz CT molecular complexity index is 1170. The Balaban J connectivity index is 1.32. The van der Waals surface area contributed by atoms with Gasteiger partial charge in [0.25, 0.3) is 0 Å². The van der Waals surface area contributed by atoms with Gasteiger partial charge in [0.1, 0.15) is 5.75 Å². The van der Waals surface area contributed by atoms with E-state index in [-0.39, 0.29) is 23.3 Å². The summed E-state index contributed by atoms with van der Waals surface area (Å²) in [5.41, 5.74) is 1.96. The van der Waals surface area contributed by atoms with Crippen molar-refractivity contribution in [2.24, 2.45) is 5.41 Å². The fraction of sp³-hybridized carbons (Fsp3) is 0.370. The molecule has 2 aliphatic rings. The van der Waals surface area contributed by atoms with Gasteiger partial charge in [-0.25, -0.2) is 4.79 Å². The van der Waals surface area contributed by atoms with E-state index in [1.807, 2.05) is 34.1 Å². The molecule has 0 aromatic heterocycles. The first kappa shape index (κ1) is 25.6. The third-order valence-electron chi connectivity index (χ3n) is 6.94. The second-order valence-corrected chi connectivity index (χ2v) is 9.81. The summed E-state index contributed by atoms with van der Waals surface area (Å²) in [6.07, 6.45) is 5.88. The molecular formula is C27H31ClN4O4. The number of nitrogens with zero attached hydrogens (tertiary/aromatic N) is 2. The van der Waals surface area contributed by atoms with Crippen LogP contribution in [0.4, 0.5) is 16.2 Å². The molecule has 1 spiro atoms. The first-order valence-corrected chi connectivity index (χ1v) is 12.4. The Morgan fingerprint density at radius 2 is 1.67 bits per heavy atom. The number of methoxy groups -OCH3 is 1. The predicted molar refractivity (Wildman–Crippen MR) is 141 cm³/mol. The van der Waals surface area contributed by atoms with Crippen LogP contribution in [0.2, 0.25) is 5.02 Å². The van der Waals surface area contributed by atoms with Gasteiger partial charge in [0.2, 0.25) is 11.8 Å². The molecule has 2 aliphatic heterocycles. The van der Waals surface area contributed by atoms with Crippen molar-refractivity contribution in [3.63, 3.8) is 0 Å². The number of urea groups is 1. The molecule has 2 saturated heterocycles. The van der Waals surface area contributed by atoms with Gasteiger partial charge in [0.05, 0.1) is 12.8 Å². The van der Waals surface area contributed by atoms with Gasteiger partial charge in [-0.3, -0.25) is 9.59 Å². The van der Waals surface area contributed by atoms with Crippen molar-refractivity contribution in [2.75, 3.05) is 43.9 Å². The number of likely N-dealkylation sites (tertiary alicyclic amines) is 2. The normalized spacial score (nSPS) is 16.9. The van der Waals surface area contributed by atoms with Crippen molar-refractivity contribution in [1.29, 1.82) is 0 Å². The van der Waals surface area contributed by atoms with E-state index in [4.69, 9.17) is 16.3 Å². The fourth-order valence-corrected chi connectivity index (χ4v) is 5.07. The lowest BCUT2D eigenvalue weighted by Gasteiger charge is -2.39. The molecule has 0 atom stereocenters. The summed E-state index contributed by atoms with van der Waals surface area (Å²) in [5.74, 6) is 0.356. The van der Waals surface area contributed by atoms with Gasteiger partial charge in [-0.15, -0.1) is 0 Å². The van der Waals surface area contributed by atoms with Gasteiger partial charge in [-0.1, -0.05) is 29.8 Å². The minimum absolute atomic E-state index is 0.0341. The fourth-order valence-electron chi connectivity index (χ4n) is 4.90. The zero-order valence-electron chi connectivity index (χ0n) is 20.6. The van der Waals surface area contributed by atoms with Gasteiger partial charge in [0.15, 0.2) is 0 Å². The second-order valence-electron chi connectivity index (χ2n) is 9.37. The Morgan fingerprint density at radius 3 is 2.36 bits per heavy atom. The molecule has 2 heterocycles. The standard InChI is InChI=1S/C27H31ClN4O4/c1-19(33)29-23-17-21(28)9-7-20(23)8-10-25(34)32-16-13-27(18-32)11-14-31(15-12-27)26(35)30-22-5-3-4-6-24(22)36-2/h3-10,17H,11-16,18H2,1-2H3,(H,29,33)(H,30,35). The number of piperidine rings is 1. The van der Waals surface area contributed by atoms with Crippen LogP contribution >= 0.6 is 11.6 Å². The van der Waals surface area contributed by atoms with Gasteiger partial charge < -0.3 is 25.2 Å². The van der Waals surface area contributed by atoms with Crippen molar-refractivity contribution < 1.29 is 19.1 Å². The molecule has 0 unspecified atom stereocenters. The van der Waals surface area contributed by atoms with Crippen LogP contribution in [0.25, 0.3) is 6.08 Å². The number of amides is 4. The summed E-state index contributed by atoms with van der Waals surface area (Å²) in [6, 6.07) is 12.4. The smallest absolute Gasteiger partial charge is 0.321 e. The van der Waals surface area contributed by atoms with Crippen LogP contribution in [0.3, 0.4) is 0 Å². The van der Waals surface area contributed by atoms with Crippen molar-refractivity contribution >= 4 is 46.9 Å². The number of anilines is 2. The summed E-state index contributed by atoms with van der Waals surface area (Å²) in [7, 11) is 1.58. The largest absolute Gasteiger partial charge is 0.495 e. The predicted octanol–water partition coefficient (Wildman–Crippen LogP) is 4.87. The molecule has 0 bridgehead atoms. The number of nitrogens with one attached hydrogen (secondary N) is 2. The third kappa shape index (κ3) is 5.99. The SMILES string of the molecule is COc1ccccc1NC(=O)N1CCC2(CCN(C(=O)C=Cc3ccc(Cl)cc3NC(C)=O)C2)CC1. The summed E-state index contributed by atoms with van der Waals surface area (Å²) in [4.78, 5) is 40.9. The summed E-state index contributed by atoms with van der Waals surface area (Å²) < 4.78 is 5.32. The summed E-state index contributed by atoms with van der Waals surface area (Å²) >= 11 is 6.05. The van der Waals surface area contributed by atoms with E-state index < -0.39 is 0 Å². The topological polar surface area (TPSA) is 91.0 Å². The van der Waals surface area contributed by atoms with Crippen LogP contribution in [0.15, 0.2) is 48.5 Å². The van der Waals surface area contributed by atoms with E-state index in [0.29, 0.717) is 53.9 Å². The highest BCUT2D eigenvalue weighted by Crippen LogP contribution is 2.40. The van der Waals surface area contributed by atoms with E-state index in [9.17, 15) is 14.4 Å². The lowest BCUT2D eigenvalue weighted by Crippen LogP contribution is -2.46. The third-order valence-corrected chi connectivity index (χ3v) is 7.18. The van der Waals surface area contributed by atoms with E-state index in [0.717, 1.165) is 19.3 Å². The molecule has 36 heavy (non-hydrogen) atoms. The van der Waals surface area contributed by atoms with Crippen molar-refractivity contribution in [3.8, 4) is 5.75 Å². The number of benzene rings is 2. The van der Waals surface area contributed by atoms with E-state index in [1.165, 1.54) is 6.92 Å². The maximum Gasteiger partial charge on any atom is 0.321 e. The van der Waals surface area contributed by atoms with Crippen LogP contribution in [0.1, 0.15) is 31.7 Å². The maximum atomic E-state index is 12.9. The number of hydrogen-bond donors (Lipinski definition) is 2. The van der Waals surface area contributed by atoms with Crippen LogP contribution in [0.5, 0.6) is 5.75 Å². The minimum atomic E-state index is -0.206. The van der Waals surface area contributed by atoms with Crippen molar-refractivity contribution in [2.45, 2.75) is 26.2 Å². The number of ether oxygens (including phenoxy) is 1. The number of carbonyl (C=O) groups excluding carboxylic acids is 3. The molecule has 0 aliphatic carbocycles. The molecule has 9 heteroatoms. The maximum absolute atomic E-state index is 12.9. The zero-order valence-corrected chi connectivity index (χ0v) is 21.3. The molecule has 4 rings (SSSR count). The minimum Gasteiger partial charge on any atom is -0.495 e. The number of para-hydroxylation sites is 2. The van der Waals surface area contributed by atoms with Crippen LogP contribution in [0, 0.1) is 5.41 Å². The number of halogens is 1. The lowest BCUT2D eigenvalue weighted by molar-refractivity contribution is -0.125. The van der Waals surface area contributed by atoms with E-state index >= 15 is 0 Å². The van der Waals surface area contributed by atoms with Gasteiger partial charge in [0, 0.05) is 49.9 Å². The average molecular weight is 511 g/mol. The lowest BCUT2D eigenvalue weighted by atomic mass is 9.78. The highest BCUT2D eigenvalue weighted by atomic mass is 35.5. The molecule has 2 aromatic carbocycles. The quantitative estimate of drug-likeness (QED) is 0.562. The Kier molecular flexibility index (Phi) is 7.84. The van der Waals surface area contributed by atoms with Gasteiger partial charge in [-0.05, 0) is 60.6 Å². The Hall–Kier alpha value is -3.52. The second kappa shape index (κ2) is 11.0. The molecule has 2 aromatic rings. The average Bonchev–Trinajstić information content (AvgIpc) is 3.27. The van der Waals surface area contributed by atoms with Crippen LogP contribution in [-0.2, 0) is 9.59 Å². The number of carbonyl (C=O) groups is 3. The number of rotatable bonds is 5. The molecule has 2 fully saturated rings. The summed E-state index contributed by atoms with van der Waals surface area (Å²) in [5, 5.41) is 6.19. The van der Waals surface area contributed by atoms with Crippen LogP contribution < -0.4 is 15.4 Å². The van der Waals surface area contributed by atoms with Crippen molar-refractivity contribution in [3.05, 3.63) is 59.1 Å². The van der Waals surface area contributed by atoms with E-state index in [2.05, 4.69) is 10.6 Å². The Labute approximate surface area is 216 Å². The van der Waals surface area contributed by atoms with Gasteiger partial charge in [-0.2, -0.15) is 0 Å². The van der Waals surface area contributed by atoms with E-state index in [1.54, 1.807) is 37.5 Å². The zero-order chi connectivity index (χ0) is 25.7. The number of hydrogen-bond acceptors (Lipinski definition) is 4. The first-order valence-electron chi connectivity index (χ1n) is 12.0. The van der Waals surface area contributed by atoms with Gasteiger partial charge >= 0.3 is 6.03 Å². The monoisotopic (exact) mass is 510 g/mol. The van der Waals surface area contributed by atoms with Crippen LogP contribution in [-0.4, -0.2) is 60.9 Å². The molecule has 8 nitrogen and oxygen atoms in total. The molecule has 4 amide bonds. The van der Waals surface area contributed by atoms with Crippen molar-refractivity contribution in [1.82, 2.24) is 9.80 Å². The highest BCUT2D eigenvalue weighted by Gasteiger charge is 2.42. The summed E-state index contributed by atoms with van der Waals surface area (Å²) in [6.45, 7) is 4.08. The first-order chi connectivity index (χ1) is 17.3. The molecular weight excluding hydrogens is 480 g/mol. The molecule has 190 valence electrons. The highest BCUT2D eigenvalue weighted by molar-refractivity contribution is 6.31. The molecule has 0 radical (unpaired) electrons. The Morgan fingerprint density at radius 1 is 0.972 bits per heavy atom. The molecule has 2 N–H and O–H groups in total. The molecule has 0 saturated carbocycles.